The summed E-state index contributed by atoms with van der Waals surface area (Å²) in [6.45, 7) is 2.76. The molecule has 1 fully saturated rings. The smallest absolute Gasteiger partial charge is 0.193 e. The molecule has 1 aliphatic heterocycles. The maximum Gasteiger partial charge on any atom is 0.193 e. The van der Waals surface area contributed by atoms with Crippen LogP contribution in [0.2, 0.25) is 0 Å². The molecule has 4 rings (SSSR count). The van der Waals surface area contributed by atoms with Gasteiger partial charge < -0.3 is 20.7 Å². The van der Waals surface area contributed by atoms with Crippen LogP contribution in [-0.2, 0) is 12.8 Å². The van der Waals surface area contributed by atoms with E-state index in [1.54, 1.807) is 7.11 Å². The number of benzene rings is 2. The van der Waals surface area contributed by atoms with E-state index in [0.29, 0.717) is 11.9 Å². The number of fused-ring (bicyclic) bond motifs is 1. The summed E-state index contributed by atoms with van der Waals surface area (Å²) < 4.78 is 5.50. The summed E-state index contributed by atoms with van der Waals surface area (Å²) >= 11 is 0. The monoisotopic (exact) mass is 378 g/mol. The number of rotatable bonds is 5. The molecule has 1 aliphatic carbocycles. The number of aliphatic imine (C=N–C) groups is 1. The highest BCUT2D eigenvalue weighted by Crippen LogP contribution is 2.32. The molecular formula is C23H30N4O. The van der Waals surface area contributed by atoms with Crippen molar-refractivity contribution in [2.24, 2.45) is 16.6 Å². The van der Waals surface area contributed by atoms with Gasteiger partial charge in [0, 0.05) is 25.3 Å². The second-order valence-corrected chi connectivity index (χ2v) is 7.77. The fourth-order valence-corrected chi connectivity index (χ4v) is 4.39. The zero-order valence-electron chi connectivity index (χ0n) is 16.7. The Morgan fingerprint density at radius 3 is 2.93 bits per heavy atom. The second-order valence-electron chi connectivity index (χ2n) is 7.77. The molecule has 5 heteroatoms. The number of ether oxygens (including phenoxy) is 1. The van der Waals surface area contributed by atoms with Gasteiger partial charge in [-0.2, -0.15) is 0 Å². The Morgan fingerprint density at radius 1 is 1.18 bits per heavy atom. The molecule has 0 aromatic heterocycles. The van der Waals surface area contributed by atoms with Gasteiger partial charge >= 0.3 is 0 Å². The Bertz CT molecular complexity index is 848. The molecule has 1 atom stereocenters. The van der Waals surface area contributed by atoms with Crippen LogP contribution in [0.15, 0.2) is 47.5 Å². The van der Waals surface area contributed by atoms with Gasteiger partial charge in [0.1, 0.15) is 5.75 Å². The van der Waals surface area contributed by atoms with Crippen LogP contribution in [0.1, 0.15) is 30.4 Å². The van der Waals surface area contributed by atoms with E-state index in [1.807, 2.05) is 12.1 Å². The third kappa shape index (κ3) is 4.08. The van der Waals surface area contributed by atoms with Crippen LogP contribution >= 0.6 is 0 Å². The number of nitrogens with one attached hydrogen (secondary N) is 1. The van der Waals surface area contributed by atoms with E-state index < -0.39 is 0 Å². The highest BCUT2D eigenvalue weighted by Gasteiger charge is 2.24. The van der Waals surface area contributed by atoms with Crippen LogP contribution in [0, 0.1) is 5.92 Å². The average molecular weight is 379 g/mol. The molecule has 2 aromatic rings. The second kappa shape index (κ2) is 8.55. The van der Waals surface area contributed by atoms with Gasteiger partial charge in [0.15, 0.2) is 5.96 Å². The van der Waals surface area contributed by atoms with Crippen LogP contribution in [0.4, 0.5) is 11.4 Å². The van der Waals surface area contributed by atoms with Gasteiger partial charge in [-0.15, -0.1) is 0 Å². The first-order valence-corrected chi connectivity index (χ1v) is 10.3. The largest absolute Gasteiger partial charge is 0.495 e. The van der Waals surface area contributed by atoms with Crippen molar-refractivity contribution < 1.29 is 4.74 Å². The summed E-state index contributed by atoms with van der Waals surface area (Å²) in [5, 5.41) is 3.35. The summed E-state index contributed by atoms with van der Waals surface area (Å²) in [7, 11) is 1.73. The molecule has 2 aromatic carbocycles. The third-order valence-electron chi connectivity index (χ3n) is 5.89. The molecule has 0 saturated carbocycles. The predicted molar refractivity (Wildman–Crippen MR) is 117 cm³/mol. The number of nitrogens with two attached hydrogens (primary N) is 1. The summed E-state index contributed by atoms with van der Waals surface area (Å²) in [5.41, 5.74) is 11.4. The van der Waals surface area contributed by atoms with Gasteiger partial charge in [-0.25, -0.2) is 0 Å². The van der Waals surface area contributed by atoms with Crippen LogP contribution in [0.3, 0.4) is 0 Å². The molecule has 2 aliphatic rings. The van der Waals surface area contributed by atoms with Gasteiger partial charge in [-0.05, 0) is 67.3 Å². The Hall–Kier alpha value is -2.69. The van der Waals surface area contributed by atoms with E-state index in [2.05, 4.69) is 45.5 Å². The minimum absolute atomic E-state index is 0.509. The molecule has 1 saturated heterocycles. The van der Waals surface area contributed by atoms with Gasteiger partial charge in [-0.3, -0.25) is 4.99 Å². The number of hydrogen-bond donors (Lipinski definition) is 2. The fourth-order valence-electron chi connectivity index (χ4n) is 4.39. The molecule has 3 N–H and O–H groups in total. The van der Waals surface area contributed by atoms with Crippen molar-refractivity contribution in [1.82, 2.24) is 0 Å². The van der Waals surface area contributed by atoms with Crippen LogP contribution in [0.5, 0.6) is 5.75 Å². The van der Waals surface area contributed by atoms with Crippen molar-refractivity contribution >= 4 is 17.3 Å². The normalized spacial score (nSPS) is 19.4. The van der Waals surface area contributed by atoms with E-state index in [1.165, 1.54) is 36.1 Å². The number of para-hydroxylation sites is 2. The van der Waals surface area contributed by atoms with Gasteiger partial charge in [0.25, 0.3) is 0 Å². The predicted octanol–water partition coefficient (Wildman–Crippen LogP) is 3.83. The third-order valence-corrected chi connectivity index (χ3v) is 5.89. The van der Waals surface area contributed by atoms with Crippen LogP contribution in [0.25, 0.3) is 0 Å². The molecule has 0 radical (unpaired) electrons. The minimum atomic E-state index is 0.509. The highest BCUT2D eigenvalue weighted by molar-refractivity contribution is 5.93. The summed E-state index contributed by atoms with van der Waals surface area (Å²) in [5.74, 6) is 1.96. The lowest BCUT2D eigenvalue weighted by atomic mass is 9.90. The molecule has 0 spiro atoms. The summed E-state index contributed by atoms with van der Waals surface area (Å²) in [4.78, 5) is 7.03. The molecule has 1 heterocycles. The highest BCUT2D eigenvalue weighted by atomic mass is 16.5. The van der Waals surface area contributed by atoms with Crippen molar-refractivity contribution in [1.29, 1.82) is 0 Å². The molecule has 0 bridgehead atoms. The van der Waals surface area contributed by atoms with Crippen molar-refractivity contribution in [3.8, 4) is 5.75 Å². The lowest BCUT2D eigenvalue weighted by Crippen LogP contribution is -2.26. The standard InChI is InChI=1S/C23H30N4O/c1-28-22-12-5-4-11-21(22)27-14-13-17(16-27)15-25-23(24)26-20-10-6-8-18-7-2-3-9-19(18)20/h4-6,8,10-12,17H,2-3,7,9,13-16H2,1H3,(H3,24,25,26). The number of nitrogens with zero attached hydrogens (tertiary/aromatic N) is 2. The van der Waals surface area contributed by atoms with E-state index in [-0.39, 0.29) is 0 Å². The molecule has 5 nitrogen and oxygen atoms in total. The molecular weight excluding hydrogens is 348 g/mol. The lowest BCUT2D eigenvalue weighted by molar-refractivity contribution is 0.414. The maximum atomic E-state index is 6.21. The van der Waals surface area contributed by atoms with Crippen LogP contribution < -0.4 is 20.7 Å². The molecule has 28 heavy (non-hydrogen) atoms. The number of anilines is 2. The number of hydrogen-bond acceptors (Lipinski definition) is 3. The van der Waals surface area contributed by atoms with Crippen LogP contribution in [-0.4, -0.2) is 32.7 Å². The SMILES string of the molecule is COc1ccccc1N1CCC(CN=C(N)Nc2cccc3c2CCCC3)C1. The topological polar surface area (TPSA) is 62.9 Å². The summed E-state index contributed by atoms with van der Waals surface area (Å²) in [6, 6.07) is 14.7. The van der Waals surface area contributed by atoms with E-state index in [9.17, 15) is 0 Å². The molecule has 148 valence electrons. The summed E-state index contributed by atoms with van der Waals surface area (Å²) in [6.07, 6.45) is 5.95. The molecule has 0 amide bonds. The quantitative estimate of drug-likeness (QED) is 0.613. The molecule has 1 unspecified atom stereocenters. The number of aryl methyl sites for hydroxylation is 1. The number of methoxy groups -OCH3 is 1. The van der Waals surface area contributed by atoms with Crippen molar-refractivity contribution in [3.05, 3.63) is 53.6 Å². The van der Waals surface area contributed by atoms with Gasteiger partial charge in [0.2, 0.25) is 0 Å². The van der Waals surface area contributed by atoms with E-state index in [0.717, 1.165) is 43.9 Å². The van der Waals surface area contributed by atoms with E-state index in [4.69, 9.17) is 10.5 Å². The zero-order valence-corrected chi connectivity index (χ0v) is 16.7. The first-order chi connectivity index (χ1) is 13.7. The van der Waals surface area contributed by atoms with Crippen molar-refractivity contribution in [2.45, 2.75) is 32.1 Å². The lowest BCUT2D eigenvalue weighted by Gasteiger charge is -2.21. The average Bonchev–Trinajstić information content (AvgIpc) is 3.21. The zero-order chi connectivity index (χ0) is 19.3. The Kier molecular flexibility index (Phi) is 5.70. The Balaban J connectivity index is 1.36. The number of guanidine groups is 1. The maximum absolute atomic E-state index is 6.21. The first-order valence-electron chi connectivity index (χ1n) is 10.3. The van der Waals surface area contributed by atoms with Gasteiger partial charge in [0.05, 0.1) is 12.8 Å². The van der Waals surface area contributed by atoms with Crippen molar-refractivity contribution in [3.63, 3.8) is 0 Å². The Labute approximate surface area is 167 Å². The van der Waals surface area contributed by atoms with Gasteiger partial charge in [-0.1, -0.05) is 24.3 Å². The van der Waals surface area contributed by atoms with E-state index >= 15 is 0 Å². The Morgan fingerprint density at radius 2 is 2.04 bits per heavy atom. The first kappa shape index (κ1) is 18.7. The minimum Gasteiger partial charge on any atom is -0.495 e. The fraction of sp³-hybridized carbons (Fsp3) is 0.435. The van der Waals surface area contributed by atoms with Crippen molar-refractivity contribution in [2.75, 3.05) is 37.0 Å².